The number of sulfonamides is 1. The minimum atomic E-state index is -3.40. The van der Waals surface area contributed by atoms with Crippen LogP contribution in [-0.2, 0) is 14.8 Å². The van der Waals surface area contributed by atoms with Gasteiger partial charge in [-0.3, -0.25) is 0 Å². The van der Waals surface area contributed by atoms with E-state index in [2.05, 4.69) is 0 Å². The molecule has 4 nitrogen and oxygen atoms in total. The zero-order chi connectivity index (χ0) is 14.2. The molecule has 0 radical (unpaired) electrons. The van der Waals surface area contributed by atoms with Crippen molar-refractivity contribution in [3.05, 3.63) is 29.8 Å². The van der Waals surface area contributed by atoms with E-state index >= 15 is 0 Å². The van der Waals surface area contributed by atoms with Crippen molar-refractivity contribution in [2.24, 2.45) is 0 Å². The first-order valence-electron chi connectivity index (χ1n) is 7.29. The summed E-state index contributed by atoms with van der Waals surface area (Å²) in [5.74, 6) is 0. The van der Waals surface area contributed by atoms with E-state index < -0.39 is 10.0 Å². The minimum Gasteiger partial charge on any atom is -0.375 e. The van der Waals surface area contributed by atoms with Gasteiger partial charge >= 0.3 is 0 Å². The summed E-state index contributed by atoms with van der Waals surface area (Å²) in [5.41, 5.74) is 1.07. The zero-order valence-electron chi connectivity index (χ0n) is 11.8. The summed E-state index contributed by atoms with van der Waals surface area (Å²) < 4.78 is 33.1. The van der Waals surface area contributed by atoms with E-state index in [4.69, 9.17) is 4.74 Å². The molecular weight excluding hydrogens is 274 g/mol. The number of morpholine rings is 1. The Morgan fingerprint density at radius 2 is 1.85 bits per heavy atom. The van der Waals surface area contributed by atoms with Crippen molar-refractivity contribution in [2.45, 2.75) is 49.6 Å². The van der Waals surface area contributed by atoms with Crippen molar-refractivity contribution >= 4 is 10.0 Å². The number of aryl methyl sites for hydroxylation is 1. The highest BCUT2D eigenvalue weighted by Gasteiger charge is 2.40. The maximum atomic E-state index is 12.8. The van der Waals surface area contributed by atoms with Crippen molar-refractivity contribution in [2.75, 3.05) is 13.2 Å². The molecule has 110 valence electrons. The number of fused-ring (bicyclic) bond motifs is 1. The monoisotopic (exact) mass is 295 g/mol. The summed E-state index contributed by atoms with van der Waals surface area (Å²) in [4.78, 5) is 0.398. The highest BCUT2D eigenvalue weighted by molar-refractivity contribution is 7.89. The van der Waals surface area contributed by atoms with Gasteiger partial charge < -0.3 is 4.74 Å². The van der Waals surface area contributed by atoms with E-state index in [9.17, 15) is 8.42 Å². The Labute approximate surface area is 120 Å². The second-order valence-corrected chi connectivity index (χ2v) is 7.58. The number of hydrogen-bond donors (Lipinski definition) is 0. The predicted molar refractivity (Wildman–Crippen MR) is 77.1 cm³/mol. The topological polar surface area (TPSA) is 46.6 Å². The summed E-state index contributed by atoms with van der Waals surface area (Å²) in [6.45, 7) is 2.94. The van der Waals surface area contributed by atoms with Gasteiger partial charge in [-0.05, 0) is 31.9 Å². The molecule has 1 saturated heterocycles. The van der Waals surface area contributed by atoms with Gasteiger partial charge in [0.05, 0.1) is 23.6 Å². The third-order valence-corrected chi connectivity index (χ3v) is 6.25. The van der Waals surface area contributed by atoms with Crippen LogP contribution in [-0.4, -0.2) is 38.0 Å². The van der Waals surface area contributed by atoms with Crippen LogP contribution in [0.4, 0.5) is 0 Å². The zero-order valence-corrected chi connectivity index (χ0v) is 12.6. The highest BCUT2D eigenvalue weighted by Crippen LogP contribution is 2.32. The lowest BCUT2D eigenvalue weighted by atomic mass is 9.91. The van der Waals surface area contributed by atoms with Gasteiger partial charge in [0.2, 0.25) is 10.0 Å². The number of ether oxygens (including phenoxy) is 1. The maximum absolute atomic E-state index is 12.8. The Hall–Kier alpha value is -0.910. The summed E-state index contributed by atoms with van der Waals surface area (Å²) in [7, 11) is -3.40. The fourth-order valence-corrected chi connectivity index (χ4v) is 4.87. The van der Waals surface area contributed by atoms with Crippen LogP contribution >= 0.6 is 0 Å². The van der Waals surface area contributed by atoms with Gasteiger partial charge in [-0.15, -0.1) is 0 Å². The Kier molecular flexibility index (Phi) is 3.84. The van der Waals surface area contributed by atoms with E-state index in [-0.39, 0.29) is 12.1 Å². The van der Waals surface area contributed by atoms with Crippen LogP contribution in [0.5, 0.6) is 0 Å². The first-order valence-corrected chi connectivity index (χ1v) is 8.73. The third kappa shape index (κ3) is 2.50. The molecule has 1 aromatic rings. The Morgan fingerprint density at radius 1 is 1.15 bits per heavy atom. The molecule has 1 aliphatic heterocycles. The number of nitrogens with zero attached hydrogens (tertiary/aromatic N) is 1. The molecule has 0 unspecified atom stereocenters. The van der Waals surface area contributed by atoms with Crippen LogP contribution in [0, 0.1) is 6.92 Å². The van der Waals surface area contributed by atoms with Crippen LogP contribution in [0.25, 0.3) is 0 Å². The second kappa shape index (κ2) is 5.47. The van der Waals surface area contributed by atoms with Crippen LogP contribution in [0.2, 0.25) is 0 Å². The molecule has 0 bridgehead atoms. The quantitative estimate of drug-likeness (QED) is 0.841. The molecule has 0 aromatic heterocycles. The van der Waals surface area contributed by atoms with E-state index in [1.54, 1.807) is 16.4 Å². The van der Waals surface area contributed by atoms with Gasteiger partial charge in [-0.2, -0.15) is 4.31 Å². The number of rotatable bonds is 2. The van der Waals surface area contributed by atoms with Crippen molar-refractivity contribution < 1.29 is 13.2 Å². The molecule has 20 heavy (non-hydrogen) atoms. The molecule has 2 aliphatic rings. The fraction of sp³-hybridized carbons (Fsp3) is 0.600. The van der Waals surface area contributed by atoms with Crippen molar-refractivity contribution in [3.8, 4) is 0 Å². The predicted octanol–water partition coefficient (Wildman–Crippen LogP) is 2.33. The average Bonchev–Trinajstić information content (AvgIpc) is 2.47. The van der Waals surface area contributed by atoms with Crippen molar-refractivity contribution in [1.29, 1.82) is 0 Å². The van der Waals surface area contributed by atoms with Gasteiger partial charge in [0.1, 0.15) is 0 Å². The normalized spacial score (nSPS) is 28.1. The van der Waals surface area contributed by atoms with Crippen LogP contribution in [0.1, 0.15) is 31.2 Å². The lowest BCUT2D eigenvalue weighted by molar-refractivity contribution is -0.0586. The SMILES string of the molecule is Cc1ccc(S(=O)(=O)N2CCO[C@H]3CCCC[C@@H]32)cc1. The maximum Gasteiger partial charge on any atom is 0.243 e. The van der Waals surface area contributed by atoms with Gasteiger partial charge in [0.25, 0.3) is 0 Å². The standard InChI is InChI=1S/C15H21NO3S/c1-12-6-8-13(9-7-12)20(17,18)16-10-11-19-15-5-3-2-4-14(15)16/h6-9,14-15H,2-5,10-11H2,1H3/t14-,15-/m0/s1. The van der Waals surface area contributed by atoms with Crippen molar-refractivity contribution in [3.63, 3.8) is 0 Å². The number of benzene rings is 1. The molecule has 0 N–H and O–H groups in total. The smallest absolute Gasteiger partial charge is 0.243 e. The minimum absolute atomic E-state index is 0.0174. The van der Waals surface area contributed by atoms with Gasteiger partial charge in [0, 0.05) is 6.54 Å². The molecule has 5 heteroatoms. The lowest BCUT2D eigenvalue weighted by Gasteiger charge is -2.42. The molecule has 0 spiro atoms. The van der Waals surface area contributed by atoms with Gasteiger partial charge in [-0.1, -0.05) is 30.5 Å². The summed E-state index contributed by atoms with van der Waals surface area (Å²) in [6, 6.07) is 7.14. The first-order chi connectivity index (χ1) is 9.59. The van der Waals surface area contributed by atoms with Gasteiger partial charge in [-0.25, -0.2) is 8.42 Å². The Balaban J connectivity index is 1.91. The van der Waals surface area contributed by atoms with Gasteiger partial charge in [0.15, 0.2) is 0 Å². The molecule has 1 heterocycles. The van der Waals surface area contributed by atoms with Crippen LogP contribution in [0.15, 0.2) is 29.2 Å². The van der Waals surface area contributed by atoms with E-state index in [1.807, 2.05) is 19.1 Å². The molecular formula is C15H21NO3S. The molecule has 3 rings (SSSR count). The first kappa shape index (κ1) is 14.0. The molecule has 2 fully saturated rings. The van der Waals surface area contributed by atoms with E-state index in [1.165, 1.54) is 0 Å². The molecule has 0 amide bonds. The molecule has 1 saturated carbocycles. The molecule has 1 aliphatic carbocycles. The Bertz CT molecular complexity index is 565. The van der Waals surface area contributed by atoms with Crippen LogP contribution in [0.3, 0.4) is 0 Å². The Morgan fingerprint density at radius 3 is 2.60 bits per heavy atom. The van der Waals surface area contributed by atoms with Crippen LogP contribution < -0.4 is 0 Å². The lowest BCUT2D eigenvalue weighted by Crippen LogP contribution is -2.54. The summed E-state index contributed by atoms with van der Waals surface area (Å²) in [6.07, 6.45) is 4.20. The molecule has 2 atom stereocenters. The van der Waals surface area contributed by atoms with E-state index in [0.717, 1.165) is 31.2 Å². The summed E-state index contributed by atoms with van der Waals surface area (Å²) in [5, 5.41) is 0. The third-order valence-electron chi connectivity index (χ3n) is 4.31. The van der Waals surface area contributed by atoms with Crippen molar-refractivity contribution in [1.82, 2.24) is 4.31 Å². The average molecular weight is 295 g/mol. The highest BCUT2D eigenvalue weighted by atomic mass is 32.2. The fourth-order valence-electron chi connectivity index (χ4n) is 3.21. The second-order valence-electron chi connectivity index (χ2n) is 5.69. The summed E-state index contributed by atoms with van der Waals surface area (Å²) >= 11 is 0. The number of hydrogen-bond acceptors (Lipinski definition) is 3. The largest absolute Gasteiger partial charge is 0.375 e. The molecule has 1 aromatic carbocycles. The van der Waals surface area contributed by atoms with E-state index in [0.29, 0.717) is 18.0 Å².